The van der Waals surface area contributed by atoms with Crippen molar-refractivity contribution in [2.45, 2.75) is 38.6 Å². The zero-order valence-corrected chi connectivity index (χ0v) is 13.7. The van der Waals surface area contributed by atoms with Crippen molar-refractivity contribution in [2.75, 3.05) is 0 Å². The molecule has 0 spiro atoms. The Bertz CT molecular complexity index is 851. The van der Waals surface area contributed by atoms with Gasteiger partial charge in [0, 0.05) is 23.7 Å². The number of hydrogen-bond acceptors (Lipinski definition) is 4. The Hall–Kier alpha value is -2.19. The summed E-state index contributed by atoms with van der Waals surface area (Å²) in [5, 5.41) is 10.6. The van der Waals surface area contributed by atoms with Crippen molar-refractivity contribution in [3.63, 3.8) is 0 Å². The minimum absolute atomic E-state index is 0.711. The normalized spacial score (nSPS) is 15.8. The minimum atomic E-state index is 0.711. The van der Waals surface area contributed by atoms with Crippen molar-refractivity contribution in [2.24, 2.45) is 5.92 Å². The molecule has 4 nitrogen and oxygen atoms in total. The summed E-state index contributed by atoms with van der Waals surface area (Å²) in [5.41, 5.74) is 4.56. The predicted molar refractivity (Wildman–Crippen MR) is 92.1 cm³/mol. The van der Waals surface area contributed by atoms with Crippen molar-refractivity contribution in [1.82, 2.24) is 13.9 Å². The number of aromatic nitrogens is 3. The highest BCUT2D eigenvalue weighted by molar-refractivity contribution is 7.03. The molecule has 23 heavy (non-hydrogen) atoms. The predicted octanol–water partition coefficient (Wildman–Crippen LogP) is 4.61. The van der Waals surface area contributed by atoms with Gasteiger partial charge in [-0.1, -0.05) is 31.4 Å². The molecule has 4 rings (SSSR count). The molecule has 1 aliphatic carbocycles. The van der Waals surface area contributed by atoms with Gasteiger partial charge in [-0.2, -0.15) is 9.64 Å². The average Bonchev–Trinajstić information content (AvgIpc) is 3.24. The monoisotopic (exact) mass is 322 g/mol. The molecule has 116 valence electrons. The van der Waals surface area contributed by atoms with E-state index in [0.717, 1.165) is 34.4 Å². The number of benzene rings is 1. The largest absolute Gasteiger partial charge is 0.345 e. The molecule has 5 heteroatoms. The molecule has 1 aliphatic rings. The topological polar surface area (TPSA) is 54.5 Å². The fourth-order valence-electron chi connectivity index (χ4n) is 3.71. The summed E-state index contributed by atoms with van der Waals surface area (Å²) in [6.45, 7) is 0.985. The third kappa shape index (κ3) is 2.64. The fraction of sp³-hybridized carbons (Fsp3) is 0.389. The number of rotatable bonds is 3. The van der Waals surface area contributed by atoms with Crippen molar-refractivity contribution >= 4 is 22.4 Å². The summed E-state index contributed by atoms with van der Waals surface area (Å²) in [5.74, 6) is 1.47. The standard InChI is InChI=1S/C18H18N4S/c19-9-14-7-4-8-15-16(18-20-12-23-21-18)11-22(17(14)15)10-13-5-2-1-3-6-13/h4,7-8,11-13H,1-3,5-6,10H2. The number of fused-ring (bicyclic) bond motifs is 1. The first-order chi connectivity index (χ1) is 11.4. The highest BCUT2D eigenvalue weighted by Crippen LogP contribution is 2.33. The first-order valence-corrected chi connectivity index (χ1v) is 8.99. The average molecular weight is 322 g/mol. The molecule has 1 saturated carbocycles. The number of para-hydroxylation sites is 1. The van der Waals surface area contributed by atoms with Crippen molar-refractivity contribution in [1.29, 1.82) is 5.26 Å². The Morgan fingerprint density at radius 2 is 2.13 bits per heavy atom. The molecular weight excluding hydrogens is 304 g/mol. The van der Waals surface area contributed by atoms with Gasteiger partial charge in [0.05, 0.1) is 11.1 Å². The van der Waals surface area contributed by atoms with Crippen LogP contribution in [0.4, 0.5) is 0 Å². The third-order valence-corrected chi connectivity index (χ3v) is 5.28. The van der Waals surface area contributed by atoms with Gasteiger partial charge >= 0.3 is 0 Å². The molecule has 1 fully saturated rings. The third-order valence-electron chi connectivity index (χ3n) is 4.80. The summed E-state index contributed by atoms with van der Waals surface area (Å²) in [4.78, 5) is 4.36. The van der Waals surface area contributed by atoms with E-state index in [9.17, 15) is 5.26 Å². The van der Waals surface area contributed by atoms with Gasteiger partial charge in [-0.25, -0.2) is 4.98 Å². The molecule has 0 unspecified atom stereocenters. The van der Waals surface area contributed by atoms with E-state index in [1.165, 1.54) is 43.6 Å². The van der Waals surface area contributed by atoms with Crippen LogP contribution in [0.1, 0.15) is 37.7 Å². The van der Waals surface area contributed by atoms with E-state index in [4.69, 9.17) is 0 Å². The van der Waals surface area contributed by atoms with Crippen LogP contribution in [0.2, 0.25) is 0 Å². The van der Waals surface area contributed by atoms with Crippen LogP contribution in [0.3, 0.4) is 0 Å². The highest BCUT2D eigenvalue weighted by atomic mass is 32.1. The molecule has 0 aliphatic heterocycles. The van der Waals surface area contributed by atoms with E-state index < -0.39 is 0 Å². The molecule has 0 amide bonds. The second kappa shape index (κ2) is 6.13. The van der Waals surface area contributed by atoms with Crippen LogP contribution in [-0.2, 0) is 6.54 Å². The quantitative estimate of drug-likeness (QED) is 0.707. The molecule has 2 aromatic heterocycles. The summed E-state index contributed by atoms with van der Waals surface area (Å²) >= 11 is 1.36. The second-order valence-corrected chi connectivity index (χ2v) is 6.87. The van der Waals surface area contributed by atoms with Crippen molar-refractivity contribution in [3.05, 3.63) is 35.5 Å². The van der Waals surface area contributed by atoms with Gasteiger partial charge in [-0.05, 0) is 36.4 Å². The molecule has 1 aromatic carbocycles. The number of nitrogens with zero attached hydrogens (tertiary/aromatic N) is 4. The van der Waals surface area contributed by atoms with Crippen LogP contribution >= 0.6 is 11.5 Å². The second-order valence-electron chi connectivity index (χ2n) is 6.27. The first kappa shape index (κ1) is 14.4. The van der Waals surface area contributed by atoms with Gasteiger partial charge in [0.25, 0.3) is 0 Å². The maximum absolute atomic E-state index is 9.51. The van der Waals surface area contributed by atoms with Crippen LogP contribution in [0, 0.1) is 17.2 Å². The first-order valence-electron chi connectivity index (χ1n) is 8.15. The lowest BCUT2D eigenvalue weighted by molar-refractivity contribution is 0.322. The van der Waals surface area contributed by atoms with Crippen molar-refractivity contribution < 1.29 is 0 Å². The van der Waals surface area contributed by atoms with Gasteiger partial charge in [-0.15, -0.1) is 0 Å². The summed E-state index contributed by atoms with van der Waals surface area (Å²) in [6, 6.07) is 8.27. The lowest BCUT2D eigenvalue weighted by atomic mass is 9.89. The van der Waals surface area contributed by atoms with Gasteiger partial charge < -0.3 is 4.57 Å². The Balaban J connectivity index is 1.84. The Labute approximate surface area is 139 Å². The van der Waals surface area contributed by atoms with Gasteiger partial charge in [0.1, 0.15) is 11.6 Å². The number of nitriles is 1. The fourth-order valence-corrected chi connectivity index (χ4v) is 4.15. The molecular formula is C18H18N4S. The Morgan fingerprint density at radius 3 is 2.87 bits per heavy atom. The summed E-state index contributed by atoms with van der Waals surface area (Å²) in [6.07, 6.45) is 8.74. The zero-order chi connectivity index (χ0) is 15.6. The lowest BCUT2D eigenvalue weighted by Gasteiger charge is -2.22. The molecule has 0 bridgehead atoms. The molecule has 0 N–H and O–H groups in total. The minimum Gasteiger partial charge on any atom is -0.345 e. The van der Waals surface area contributed by atoms with Crippen LogP contribution in [0.15, 0.2) is 29.9 Å². The van der Waals surface area contributed by atoms with E-state index in [1.54, 1.807) is 5.51 Å². The molecule has 2 heterocycles. The highest BCUT2D eigenvalue weighted by Gasteiger charge is 2.19. The van der Waals surface area contributed by atoms with Crippen LogP contribution in [0.5, 0.6) is 0 Å². The van der Waals surface area contributed by atoms with Crippen LogP contribution in [0.25, 0.3) is 22.3 Å². The van der Waals surface area contributed by atoms with Gasteiger partial charge in [-0.3, -0.25) is 0 Å². The van der Waals surface area contributed by atoms with Crippen LogP contribution < -0.4 is 0 Å². The summed E-state index contributed by atoms with van der Waals surface area (Å²) < 4.78 is 6.65. The lowest BCUT2D eigenvalue weighted by Crippen LogP contribution is -2.13. The maximum Gasteiger partial charge on any atom is 0.174 e. The summed E-state index contributed by atoms with van der Waals surface area (Å²) in [7, 11) is 0. The van der Waals surface area contributed by atoms with Crippen LogP contribution in [-0.4, -0.2) is 13.9 Å². The molecule has 0 atom stereocenters. The smallest absolute Gasteiger partial charge is 0.174 e. The van der Waals surface area contributed by atoms with E-state index >= 15 is 0 Å². The Morgan fingerprint density at radius 1 is 1.26 bits per heavy atom. The maximum atomic E-state index is 9.51. The van der Waals surface area contributed by atoms with E-state index in [-0.39, 0.29) is 0 Å². The molecule has 0 radical (unpaired) electrons. The number of hydrogen-bond donors (Lipinski definition) is 0. The van der Waals surface area contributed by atoms with E-state index in [2.05, 4.69) is 32.3 Å². The van der Waals surface area contributed by atoms with E-state index in [0.29, 0.717) is 5.92 Å². The zero-order valence-electron chi connectivity index (χ0n) is 12.9. The Kier molecular flexibility index (Phi) is 3.84. The molecule has 0 saturated heterocycles. The van der Waals surface area contributed by atoms with Gasteiger partial charge in [0.15, 0.2) is 5.82 Å². The van der Waals surface area contributed by atoms with Gasteiger partial charge in [0.2, 0.25) is 0 Å². The SMILES string of the molecule is N#Cc1cccc2c(-c3ncsn3)cn(CC3CCCCC3)c12. The molecule has 3 aromatic rings. The van der Waals surface area contributed by atoms with E-state index in [1.807, 2.05) is 12.1 Å². The van der Waals surface area contributed by atoms with Crippen molar-refractivity contribution in [3.8, 4) is 17.5 Å².